The number of piperidine rings is 1. The van der Waals surface area contributed by atoms with Crippen LogP contribution in [-0.2, 0) is 9.53 Å². The smallest absolute Gasteiger partial charge is 0.410 e. The maximum atomic E-state index is 14.8. The fraction of sp³-hybridized carbons (Fsp3) is 0.583. The Morgan fingerprint density at radius 2 is 1.94 bits per heavy atom. The highest BCUT2D eigenvalue weighted by atomic mass is 19.1. The lowest BCUT2D eigenvalue weighted by Crippen LogP contribution is -2.41. The topological polar surface area (TPSA) is 84.9 Å². The molecule has 0 N–H and O–H groups in total. The monoisotopic (exact) mass is 458 g/mol. The van der Waals surface area contributed by atoms with Crippen molar-refractivity contribution >= 4 is 22.9 Å². The summed E-state index contributed by atoms with van der Waals surface area (Å²) in [5.74, 6) is -0.134. The molecule has 2 saturated heterocycles. The van der Waals surface area contributed by atoms with E-state index in [1.54, 1.807) is 15.9 Å². The second-order valence-corrected chi connectivity index (χ2v) is 9.63. The van der Waals surface area contributed by atoms with Crippen molar-refractivity contribution in [3.05, 3.63) is 30.0 Å². The normalized spacial score (nSPS) is 17.6. The van der Waals surface area contributed by atoms with Crippen molar-refractivity contribution in [1.82, 2.24) is 19.8 Å². The molecule has 0 saturated carbocycles. The molecule has 9 heteroatoms. The van der Waals surface area contributed by atoms with Gasteiger partial charge in [-0.2, -0.15) is 0 Å². The molecular weight excluding hydrogens is 427 g/mol. The maximum Gasteiger partial charge on any atom is 0.410 e. The third-order valence-corrected chi connectivity index (χ3v) is 6.04. The van der Waals surface area contributed by atoms with E-state index in [0.29, 0.717) is 37.0 Å². The Morgan fingerprint density at radius 1 is 1.18 bits per heavy atom. The van der Waals surface area contributed by atoms with E-state index in [1.807, 2.05) is 20.8 Å². The van der Waals surface area contributed by atoms with Gasteiger partial charge in [-0.05, 0) is 46.1 Å². The minimum Gasteiger partial charge on any atom is -0.489 e. The minimum atomic E-state index is -0.530. The van der Waals surface area contributed by atoms with Crippen LogP contribution in [0.2, 0.25) is 0 Å². The first-order valence-electron chi connectivity index (χ1n) is 11.5. The maximum absolute atomic E-state index is 14.8. The molecule has 1 aromatic carbocycles. The Hall–Kier alpha value is -2.97. The summed E-state index contributed by atoms with van der Waals surface area (Å²) >= 11 is 0. The number of fused-ring (bicyclic) bond motifs is 1. The summed E-state index contributed by atoms with van der Waals surface area (Å²) in [5.41, 5.74) is 0.873. The highest BCUT2D eigenvalue weighted by molar-refractivity contribution is 5.83. The molecule has 4 rings (SSSR count). The number of amides is 2. The average molecular weight is 459 g/mol. The zero-order valence-corrected chi connectivity index (χ0v) is 19.5. The van der Waals surface area contributed by atoms with Gasteiger partial charge in [0, 0.05) is 43.4 Å². The molecule has 1 aromatic heterocycles. The summed E-state index contributed by atoms with van der Waals surface area (Å²) in [6, 6.07) is 3.03. The molecule has 0 aliphatic carbocycles. The first-order valence-corrected chi connectivity index (χ1v) is 11.5. The van der Waals surface area contributed by atoms with Crippen LogP contribution in [0.15, 0.2) is 18.5 Å². The highest BCUT2D eigenvalue weighted by Crippen LogP contribution is 2.33. The predicted octanol–water partition coefficient (Wildman–Crippen LogP) is 3.88. The van der Waals surface area contributed by atoms with Crippen molar-refractivity contribution in [2.75, 3.05) is 32.8 Å². The molecule has 0 unspecified atom stereocenters. The highest BCUT2D eigenvalue weighted by Gasteiger charge is 2.29. The number of nitrogens with zero attached hydrogens (tertiary/aromatic N) is 4. The largest absolute Gasteiger partial charge is 0.489 e. The van der Waals surface area contributed by atoms with Gasteiger partial charge >= 0.3 is 6.09 Å². The van der Waals surface area contributed by atoms with Crippen molar-refractivity contribution < 1.29 is 23.5 Å². The Morgan fingerprint density at radius 3 is 2.61 bits per heavy atom. The van der Waals surface area contributed by atoms with Gasteiger partial charge in [0.2, 0.25) is 5.91 Å². The molecule has 2 aliphatic heterocycles. The van der Waals surface area contributed by atoms with Gasteiger partial charge in [-0.3, -0.25) is 4.79 Å². The number of rotatable bonds is 5. The van der Waals surface area contributed by atoms with Gasteiger partial charge in [-0.15, -0.1) is 0 Å². The van der Waals surface area contributed by atoms with E-state index in [9.17, 15) is 14.0 Å². The number of carbonyl (C=O) groups is 2. The standard InChI is InChI=1S/C24H31FN4O4/c1-24(2,3)33-23(31)29-9-6-16(7-10-29)22-17-13-18(25)20(14-19(17)26-15-27-22)32-12-11-28-8-4-5-21(28)30/h13-16H,4-12H2,1-3H3. The number of carbonyl (C=O) groups excluding carboxylic acids is 2. The van der Waals surface area contributed by atoms with Crippen LogP contribution in [0.25, 0.3) is 10.9 Å². The van der Waals surface area contributed by atoms with Crippen molar-refractivity contribution in [2.24, 2.45) is 0 Å². The molecule has 0 bridgehead atoms. The molecule has 2 aromatic rings. The molecular formula is C24H31FN4O4. The summed E-state index contributed by atoms with van der Waals surface area (Å²) in [5, 5.41) is 0.660. The molecule has 8 nitrogen and oxygen atoms in total. The number of aromatic nitrogens is 2. The van der Waals surface area contributed by atoms with E-state index in [1.165, 1.54) is 12.4 Å². The summed E-state index contributed by atoms with van der Waals surface area (Å²) in [6.45, 7) is 8.08. The van der Waals surface area contributed by atoms with Crippen LogP contribution >= 0.6 is 0 Å². The van der Waals surface area contributed by atoms with E-state index in [-0.39, 0.29) is 30.3 Å². The van der Waals surface area contributed by atoms with Crippen molar-refractivity contribution in [2.45, 2.75) is 58.0 Å². The number of ether oxygens (including phenoxy) is 2. The fourth-order valence-electron chi connectivity index (χ4n) is 4.38. The lowest BCUT2D eigenvalue weighted by atomic mass is 9.91. The van der Waals surface area contributed by atoms with E-state index < -0.39 is 11.4 Å². The van der Waals surface area contributed by atoms with Gasteiger partial charge in [0.15, 0.2) is 11.6 Å². The molecule has 2 aliphatic rings. The molecule has 3 heterocycles. The average Bonchev–Trinajstić information content (AvgIpc) is 3.17. The third kappa shape index (κ3) is 5.51. The SMILES string of the molecule is CC(C)(C)OC(=O)N1CCC(c2ncnc3cc(OCCN4CCCC4=O)c(F)cc23)CC1. The van der Waals surface area contributed by atoms with Gasteiger partial charge in [0.25, 0.3) is 0 Å². The molecule has 0 spiro atoms. The summed E-state index contributed by atoms with van der Waals surface area (Å²) < 4.78 is 25.9. The second-order valence-electron chi connectivity index (χ2n) is 9.63. The molecule has 0 radical (unpaired) electrons. The second kappa shape index (κ2) is 9.49. The Kier molecular flexibility index (Phi) is 6.67. The van der Waals surface area contributed by atoms with Crippen LogP contribution < -0.4 is 4.74 Å². The van der Waals surface area contributed by atoms with Crippen LogP contribution in [0.3, 0.4) is 0 Å². The van der Waals surface area contributed by atoms with Gasteiger partial charge < -0.3 is 19.3 Å². The fourth-order valence-corrected chi connectivity index (χ4v) is 4.38. The Bertz CT molecular complexity index is 1030. The van der Waals surface area contributed by atoms with Crippen LogP contribution in [0.1, 0.15) is 58.1 Å². The summed E-state index contributed by atoms with van der Waals surface area (Å²) in [7, 11) is 0. The molecule has 2 fully saturated rings. The van der Waals surface area contributed by atoms with E-state index >= 15 is 0 Å². The predicted molar refractivity (Wildman–Crippen MR) is 121 cm³/mol. The van der Waals surface area contributed by atoms with Gasteiger partial charge in [-0.1, -0.05) is 0 Å². The number of hydrogen-bond donors (Lipinski definition) is 0. The van der Waals surface area contributed by atoms with E-state index in [2.05, 4.69) is 9.97 Å². The third-order valence-electron chi connectivity index (χ3n) is 6.04. The lowest BCUT2D eigenvalue weighted by molar-refractivity contribution is -0.128. The number of benzene rings is 1. The zero-order chi connectivity index (χ0) is 23.6. The zero-order valence-electron chi connectivity index (χ0n) is 19.5. The minimum absolute atomic E-state index is 0.0986. The number of likely N-dealkylation sites (tertiary alicyclic amines) is 2. The first kappa shape index (κ1) is 23.2. The van der Waals surface area contributed by atoms with Crippen molar-refractivity contribution in [3.63, 3.8) is 0 Å². The van der Waals surface area contributed by atoms with Gasteiger partial charge in [0.1, 0.15) is 18.5 Å². The lowest BCUT2D eigenvalue weighted by Gasteiger charge is -2.33. The van der Waals surface area contributed by atoms with Crippen LogP contribution in [0.4, 0.5) is 9.18 Å². The quantitative estimate of drug-likeness (QED) is 0.676. The van der Waals surface area contributed by atoms with E-state index in [4.69, 9.17) is 9.47 Å². The van der Waals surface area contributed by atoms with Crippen molar-refractivity contribution in [1.29, 1.82) is 0 Å². The summed E-state index contributed by atoms with van der Waals surface area (Å²) in [6.07, 6.45) is 4.05. The van der Waals surface area contributed by atoms with Gasteiger partial charge in [-0.25, -0.2) is 19.2 Å². The van der Waals surface area contributed by atoms with E-state index in [0.717, 1.165) is 31.5 Å². The summed E-state index contributed by atoms with van der Waals surface area (Å²) in [4.78, 5) is 36.3. The molecule has 2 amide bonds. The van der Waals surface area contributed by atoms with Crippen LogP contribution in [0.5, 0.6) is 5.75 Å². The number of halogens is 1. The van der Waals surface area contributed by atoms with Crippen LogP contribution in [0, 0.1) is 5.82 Å². The van der Waals surface area contributed by atoms with Crippen LogP contribution in [-0.4, -0.2) is 70.2 Å². The molecule has 33 heavy (non-hydrogen) atoms. The molecule has 178 valence electrons. The first-order chi connectivity index (χ1) is 15.7. The Balaban J connectivity index is 1.42. The van der Waals surface area contributed by atoms with Gasteiger partial charge in [0.05, 0.1) is 17.8 Å². The number of hydrogen-bond acceptors (Lipinski definition) is 6. The Labute approximate surface area is 193 Å². The van der Waals surface area contributed by atoms with Crippen molar-refractivity contribution in [3.8, 4) is 5.75 Å². The molecule has 0 atom stereocenters.